The van der Waals surface area contributed by atoms with Gasteiger partial charge < -0.3 is 10.1 Å². The molecule has 2 aliphatic rings. The van der Waals surface area contributed by atoms with Gasteiger partial charge in [0.1, 0.15) is 0 Å². The summed E-state index contributed by atoms with van der Waals surface area (Å²) < 4.78 is 17.8. The molecule has 2 aliphatic heterocycles. The highest BCUT2D eigenvalue weighted by Gasteiger charge is 2.35. The van der Waals surface area contributed by atoms with E-state index in [0.717, 1.165) is 32.7 Å². The number of nitrogens with one attached hydrogen (secondary N) is 1. The first-order valence-corrected chi connectivity index (χ1v) is 4.76. The third-order valence-electron chi connectivity index (χ3n) is 3.16. The number of alkyl halides is 1. The van der Waals surface area contributed by atoms with Crippen LogP contribution in [-0.4, -0.2) is 33.0 Å². The van der Waals surface area contributed by atoms with E-state index in [-0.39, 0.29) is 25.0 Å². The van der Waals surface area contributed by atoms with Gasteiger partial charge in [-0.05, 0) is 24.8 Å². The molecular weight excluding hydrogens is 193 g/mol. The summed E-state index contributed by atoms with van der Waals surface area (Å²) in [6.45, 7) is 3.40. The van der Waals surface area contributed by atoms with Gasteiger partial charge in [0.25, 0.3) is 0 Å². The third-order valence-corrected chi connectivity index (χ3v) is 3.16. The summed E-state index contributed by atoms with van der Waals surface area (Å²) in [5.74, 6) is 1.38. The maximum absolute atomic E-state index is 12.5. The second kappa shape index (κ2) is 5.13. The Morgan fingerprint density at radius 2 is 2.23 bits per heavy atom. The number of hydrogen-bond donors (Lipinski definition) is 1. The van der Waals surface area contributed by atoms with Crippen LogP contribution >= 0.6 is 12.4 Å². The summed E-state index contributed by atoms with van der Waals surface area (Å²) in [5, 5.41) is 3.25. The zero-order valence-electron chi connectivity index (χ0n) is 7.67. The van der Waals surface area contributed by atoms with Crippen molar-refractivity contribution in [2.45, 2.75) is 6.42 Å². The molecule has 0 bridgehead atoms. The van der Waals surface area contributed by atoms with Crippen LogP contribution in [0.3, 0.4) is 0 Å². The normalized spacial score (nSPS) is 39.0. The van der Waals surface area contributed by atoms with Crippen LogP contribution in [0.5, 0.6) is 0 Å². The van der Waals surface area contributed by atoms with Gasteiger partial charge in [0.15, 0.2) is 0 Å². The fourth-order valence-electron chi connectivity index (χ4n) is 2.36. The Bertz CT molecular complexity index is 153. The van der Waals surface area contributed by atoms with Gasteiger partial charge in [0.2, 0.25) is 0 Å². The standard InChI is InChI=1S/C9H16FNO.ClH/c10-3-8-4-11-5-9(8)7-1-2-12-6-7;/h7-9,11H,1-6H2;1H. The SMILES string of the molecule is Cl.FCC1CNCC1C1CCOC1. The topological polar surface area (TPSA) is 21.3 Å². The van der Waals surface area contributed by atoms with Gasteiger partial charge in [-0.1, -0.05) is 0 Å². The monoisotopic (exact) mass is 209 g/mol. The maximum Gasteiger partial charge on any atom is 0.0937 e. The Kier molecular flexibility index (Phi) is 4.42. The fourth-order valence-corrected chi connectivity index (χ4v) is 2.36. The Balaban J connectivity index is 0.000000845. The van der Waals surface area contributed by atoms with E-state index in [1.54, 1.807) is 0 Å². The van der Waals surface area contributed by atoms with Gasteiger partial charge in [-0.15, -0.1) is 12.4 Å². The van der Waals surface area contributed by atoms with Crippen LogP contribution < -0.4 is 5.32 Å². The van der Waals surface area contributed by atoms with E-state index >= 15 is 0 Å². The zero-order chi connectivity index (χ0) is 8.39. The summed E-state index contributed by atoms with van der Waals surface area (Å²) in [6, 6.07) is 0. The predicted molar refractivity (Wildman–Crippen MR) is 52.0 cm³/mol. The lowest BCUT2D eigenvalue weighted by Gasteiger charge is -2.20. The van der Waals surface area contributed by atoms with Crippen molar-refractivity contribution in [3.8, 4) is 0 Å². The minimum absolute atomic E-state index is 0. The van der Waals surface area contributed by atoms with Crippen LogP contribution in [0.2, 0.25) is 0 Å². The molecule has 0 aliphatic carbocycles. The van der Waals surface area contributed by atoms with E-state index in [1.165, 1.54) is 0 Å². The molecule has 2 rings (SSSR count). The average Bonchev–Trinajstić information content (AvgIpc) is 2.74. The Labute approximate surface area is 84.6 Å². The number of hydrogen-bond acceptors (Lipinski definition) is 2. The minimum atomic E-state index is -0.172. The molecule has 2 fully saturated rings. The lowest BCUT2D eigenvalue weighted by molar-refractivity contribution is 0.160. The summed E-state index contributed by atoms with van der Waals surface area (Å²) in [6.07, 6.45) is 1.13. The van der Waals surface area contributed by atoms with Crippen molar-refractivity contribution in [2.75, 3.05) is 33.0 Å². The van der Waals surface area contributed by atoms with Crippen molar-refractivity contribution < 1.29 is 9.13 Å². The van der Waals surface area contributed by atoms with Crippen molar-refractivity contribution in [2.24, 2.45) is 17.8 Å². The van der Waals surface area contributed by atoms with Crippen molar-refractivity contribution in [1.82, 2.24) is 5.32 Å². The minimum Gasteiger partial charge on any atom is -0.381 e. The maximum atomic E-state index is 12.5. The number of halogens is 2. The van der Waals surface area contributed by atoms with Crippen LogP contribution in [0.4, 0.5) is 4.39 Å². The zero-order valence-corrected chi connectivity index (χ0v) is 8.49. The Hall–Kier alpha value is 0.140. The first kappa shape index (κ1) is 11.2. The van der Waals surface area contributed by atoms with E-state index in [0.29, 0.717) is 11.8 Å². The highest BCUT2D eigenvalue weighted by molar-refractivity contribution is 5.85. The number of ether oxygens (including phenoxy) is 1. The van der Waals surface area contributed by atoms with E-state index in [4.69, 9.17) is 4.74 Å². The van der Waals surface area contributed by atoms with Gasteiger partial charge in [-0.2, -0.15) is 0 Å². The number of rotatable bonds is 2. The Morgan fingerprint density at radius 3 is 2.85 bits per heavy atom. The molecule has 0 saturated carbocycles. The predicted octanol–water partition coefficient (Wildman–Crippen LogP) is 1.25. The third kappa shape index (κ3) is 2.33. The summed E-state index contributed by atoms with van der Waals surface area (Å²) in [5.41, 5.74) is 0. The lowest BCUT2D eigenvalue weighted by atomic mass is 9.84. The van der Waals surface area contributed by atoms with Crippen LogP contribution in [0.1, 0.15) is 6.42 Å². The van der Waals surface area contributed by atoms with E-state index in [1.807, 2.05) is 0 Å². The molecule has 0 aromatic heterocycles. The summed E-state index contributed by atoms with van der Waals surface area (Å²) >= 11 is 0. The quantitative estimate of drug-likeness (QED) is 0.739. The van der Waals surface area contributed by atoms with Crippen molar-refractivity contribution in [3.05, 3.63) is 0 Å². The van der Waals surface area contributed by atoms with E-state index < -0.39 is 0 Å². The van der Waals surface area contributed by atoms with E-state index in [9.17, 15) is 4.39 Å². The lowest BCUT2D eigenvalue weighted by Crippen LogP contribution is -2.24. The molecule has 0 amide bonds. The van der Waals surface area contributed by atoms with Gasteiger partial charge in [-0.3, -0.25) is 4.39 Å². The molecule has 0 spiro atoms. The van der Waals surface area contributed by atoms with Crippen molar-refractivity contribution >= 4 is 12.4 Å². The molecule has 2 heterocycles. The smallest absolute Gasteiger partial charge is 0.0937 e. The van der Waals surface area contributed by atoms with Gasteiger partial charge in [0.05, 0.1) is 6.67 Å². The van der Waals surface area contributed by atoms with Crippen molar-refractivity contribution in [1.29, 1.82) is 0 Å². The van der Waals surface area contributed by atoms with Crippen LogP contribution in [0, 0.1) is 17.8 Å². The van der Waals surface area contributed by atoms with Crippen LogP contribution in [0.25, 0.3) is 0 Å². The molecule has 0 aromatic carbocycles. The molecule has 0 radical (unpaired) electrons. The summed E-state index contributed by atoms with van der Waals surface area (Å²) in [7, 11) is 0. The first-order chi connectivity index (χ1) is 5.92. The molecule has 2 nitrogen and oxygen atoms in total. The molecule has 3 atom stereocenters. The molecule has 0 aromatic rings. The molecule has 1 N–H and O–H groups in total. The second-order valence-corrected chi connectivity index (χ2v) is 3.86. The van der Waals surface area contributed by atoms with Gasteiger partial charge in [-0.25, -0.2) is 0 Å². The fraction of sp³-hybridized carbons (Fsp3) is 1.00. The highest BCUT2D eigenvalue weighted by atomic mass is 35.5. The van der Waals surface area contributed by atoms with Crippen LogP contribution in [0.15, 0.2) is 0 Å². The molecule has 78 valence electrons. The molecule has 3 unspecified atom stereocenters. The van der Waals surface area contributed by atoms with Crippen LogP contribution in [-0.2, 0) is 4.74 Å². The molecule has 2 saturated heterocycles. The van der Waals surface area contributed by atoms with Gasteiger partial charge >= 0.3 is 0 Å². The largest absolute Gasteiger partial charge is 0.381 e. The average molecular weight is 210 g/mol. The first-order valence-electron chi connectivity index (χ1n) is 4.76. The van der Waals surface area contributed by atoms with Crippen molar-refractivity contribution in [3.63, 3.8) is 0 Å². The van der Waals surface area contributed by atoms with Gasteiger partial charge in [0, 0.05) is 25.7 Å². The highest BCUT2D eigenvalue weighted by Crippen LogP contribution is 2.30. The van der Waals surface area contributed by atoms with E-state index in [2.05, 4.69) is 5.32 Å². The molecule has 4 heteroatoms. The second-order valence-electron chi connectivity index (χ2n) is 3.86. The molecular formula is C9H17ClFNO. The Morgan fingerprint density at radius 1 is 1.38 bits per heavy atom. The molecule has 13 heavy (non-hydrogen) atoms. The summed E-state index contributed by atoms with van der Waals surface area (Å²) in [4.78, 5) is 0.